The van der Waals surface area contributed by atoms with Crippen LogP contribution in [0.1, 0.15) is 40.2 Å². The minimum Gasteiger partial charge on any atom is -0.489 e. The van der Waals surface area contributed by atoms with Crippen molar-refractivity contribution in [3.8, 4) is 5.75 Å². The molecule has 0 saturated carbocycles. The molecule has 0 fully saturated rings. The highest BCUT2D eigenvalue weighted by Crippen LogP contribution is 2.35. The maximum atomic E-state index is 13.5. The van der Waals surface area contributed by atoms with Crippen molar-refractivity contribution < 1.29 is 23.9 Å². The molecule has 2 aromatic carbocycles. The van der Waals surface area contributed by atoms with Crippen LogP contribution in [0.5, 0.6) is 5.75 Å². The number of benzene rings is 2. The molecule has 0 radical (unpaired) electrons. The van der Waals surface area contributed by atoms with Gasteiger partial charge in [-0.15, -0.1) is 0 Å². The van der Waals surface area contributed by atoms with Crippen LogP contribution in [0.15, 0.2) is 42.5 Å². The molecule has 2 atom stereocenters. The van der Waals surface area contributed by atoms with Gasteiger partial charge in [-0.3, -0.25) is 9.59 Å². The van der Waals surface area contributed by atoms with E-state index in [9.17, 15) is 14.4 Å². The lowest BCUT2D eigenvalue weighted by Gasteiger charge is -2.29. The Morgan fingerprint density at radius 2 is 1.86 bits per heavy atom. The van der Waals surface area contributed by atoms with Crippen LogP contribution in [0.3, 0.4) is 0 Å². The fourth-order valence-electron chi connectivity index (χ4n) is 3.78. The number of rotatable bonds is 6. The normalized spacial score (nSPS) is 16.5. The van der Waals surface area contributed by atoms with Crippen LogP contribution in [0.25, 0.3) is 0 Å². The SMILES string of the molecule is CC(C)N1C(=O)[C@H](NC(=O)[C@@H](Cc2ccccc2Cl)NC(=O)OC(C)(C)C)COc2cc(Cl)ccc21. The second-order valence-corrected chi connectivity index (χ2v) is 10.6. The zero-order valence-corrected chi connectivity index (χ0v) is 22.4. The van der Waals surface area contributed by atoms with Crippen molar-refractivity contribution in [3.63, 3.8) is 0 Å². The van der Waals surface area contributed by atoms with Crippen LogP contribution in [-0.4, -0.2) is 48.2 Å². The summed E-state index contributed by atoms with van der Waals surface area (Å²) in [5.74, 6) is -0.468. The fourth-order valence-corrected chi connectivity index (χ4v) is 4.16. The maximum absolute atomic E-state index is 13.5. The van der Waals surface area contributed by atoms with Gasteiger partial charge in [-0.2, -0.15) is 0 Å². The van der Waals surface area contributed by atoms with E-state index in [2.05, 4.69) is 10.6 Å². The molecule has 0 saturated heterocycles. The Labute approximate surface area is 221 Å². The van der Waals surface area contributed by atoms with E-state index in [4.69, 9.17) is 32.7 Å². The smallest absolute Gasteiger partial charge is 0.408 e. The van der Waals surface area contributed by atoms with E-state index in [1.165, 1.54) is 0 Å². The summed E-state index contributed by atoms with van der Waals surface area (Å²) in [5.41, 5.74) is 0.464. The van der Waals surface area contributed by atoms with E-state index < -0.39 is 29.7 Å². The molecule has 1 aliphatic heterocycles. The number of carbonyl (C=O) groups is 3. The van der Waals surface area contributed by atoms with Gasteiger partial charge in [-0.25, -0.2) is 4.79 Å². The van der Waals surface area contributed by atoms with Crippen LogP contribution in [0.2, 0.25) is 10.0 Å². The molecule has 8 nitrogen and oxygen atoms in total. The number of hydrogen-bond donors (Lipinski definition) is 2. The Kier molecular flexibility index (Phi) is 8.74. The number of fused-ring (bicyclic) bond motifs is 1. The molecule has 0 aromatic heterocycles. The van der Waals surface area contributed by atoms with Crippen LogP contribution >= 0.6 is 23.2 Å². The standard InChI is InChI=1S/C26H31Cl2N3O5/c1-15(2)31-21-11-10-17(27)13-22(21)35-14-20(24(31)33)29-23(32)19(30-25(34)36-26(3,4)5)12-16-8-6-7-9-18(16)28/h6-11,13,15,19-20H,12,14H2,1-5H3,(H,29,32)(H,30,34)/t19-,20-/m1/s1. The van der Waals surface area contributed by atoms with Crippen molar-refractivity contribution in [2.24, 2.45) is 0 Å². The summed E-state index contributed by atoms with van der Waals surface area (Å²) in [6, 6.07) is 9.78. The Bertz CT molecular complexity index is 1130. The van der Waals surface area contributed by atoms with Gasteiger partial charge in [0.05, 0.1) is 5.69 Å². The molecule has 0 unspecified atom stereocenters. The lowest BCUT2D eigenvalue weighted by atomic mass is 10.0. The number of anilines is 1. The summed E-state index contributed by atoms with van der Waals surface area (Å²) < 4.78 is 11.2. The Balaban J connectivity index is 1.85. The van der Waals surface area contributed by atoms with Gasteiger partial charge in [0.25, 0.3) is 5.91 Å². The average Bonchev–Trinajstić information content (AvgIpc) is 2.89. The highest BCUT2D eigenvalue weighted by molar-refractivity contribution is 6.31. The van der Waals surface area contributed by atoms with Gasteiger partial charge in [0, 0.05) is 28.6 Å². The molecule has 0 bridgehead atoms. The van der Waals surface area contributed by atoms with Crippen LogP contribution in [-0.2, 0) is 20.7 Å². The summed E-state index contributed by atoms with van der Waals surface area (Å²) in [6.45, 7) is 8.80. The molecule has 3 amide bonds. The minimum atomic E-state index is -1.06. The van der Waals surface area contributed by atoms with E-state index >= 15 is 0 Å². The lowest BCUT2D eigenvalue weighted by Crippen LogP contribution is -2.57. The topological polar surface area (TPSA) is 97.0 Å². The molecule has 1 aliphatic rings. The number of ether oxygens (including phenoxy) is 2. The van der Waals surface area contributed by atoms with Gasteiger partial charge in [0.1, 0.15) is 30.0 Å². The van der Waals surface area contributed by atoms with Gasteiger partial charge in [-0.05, 0) is 58.4 Å². The quantitative estimate of drug-likeness (QED) is 0.556. The van der Waals surface area contributed by atoms with Gasteiger partial charge < -0.3 is 25.0 Å². The first-order chi connectivity index (χ1) is 16.9. The molecular weight excluding hydrogens is 505 g/mol. The van der Waals surface area contributed by atoms with Crippen LogP contribution in [0.4, 0.5) is 10.5 Å². The third kappa shape index (κ3) is 7.04. The maximum Gasteiger partial charge on any atom is 0.408 e. The summed E-state index contributed by atoms with van der Waals surface area (Å²) in [5, 5.41) is 6.28. The van der Waals surface area contributed by atoms with Crippen molar-refractivity contribution in [2.45, 2.75) is 64.8 Å². The van der Waals surface area contributed by atoms with Crippen LogP contribution < -0.4 is 20.3 Å². The average molecular weight is 536 g/mol. The third-order valence-corrected chi connectivity index (χ3v) is 5.95. The summed E-state index contributed by atoms with van der Waals surface area (Å²) in [7, 11) is 0. The summed E-state index contributed by atoms with van der Waals surface area (Å²) >= 11 is 12.4. The number of hydrogen-bond acceptors (Lipinski definition) is 5. The number of halogens is 2. The molecule has 194 valence electrons. The Morgan fingerprint density at radius 3 is 2.50 bits per heavy atom. The van der Waals surface area contributed by atoms with Crippen molar-refractivity contribution >= 4 is 46.8 Å². The molecule has 2 N–H and O–H groups in total. The Hall–Kier alpha value is -2.97. The number of carbonyl (C=O) groups excluding carboxylic acids is 3. The van der Waals surface area contributed by atoms with E-state index in [0.29, 0.717) is 27.0 Å². The van der Waals surface area contributed by atoms with E-state index in [1.54, 1.807) is 68.1 Å². The molecule has 1 heterocycles. The predicted octanol–water partition coefficient (Wildman–Crippen LogP) is 4.75. The number of amides is 3. The molecule has 36 heavy (non-hydrogen) atoms. The van der Waals surface area contributed by atoms with Gasteiger partial charge >= 0.3 is 6.09 Å². The zero-order valence-electron chi connectivity index (χ0n) is 20.9. The molecule has 3 rings (SSSR count). The van der Waals surface area contributed by atoms with Gasteiger partial charge in [0.15, 0.2) is 0 Å². The van der Waals surface area contributed by atoms with Gasteiger partial charge in [-0.1, -0.05) is 41.4 Å². The monoisotopic (exact) mass is 535 g/mol. The van der Waals surface area contributed by atoms with Crippen molar-refractivity contribution in [2.75, 3.05) is 11.5 Å². The fraction of sp³-hybridized carbons (Fsp3) is 0.423. The first kappa shape index (κ1) is 27.6. The second kappa shape index (κ2) is 11.4. The number of nitrogens with zero attached hydrogens (tertiary/aromatic N) is 1. The largest absolute Gasteiger partial charge is 0.489 e. The Morgan fingerprint density at radius 1 is 1.17 bits per heavy atom. The molecule has 0 aliphatic carbocycles. The number of alkyl carbamates (subject to hydrolysis) is 1. The first-order valence-electron chi connectivity index (χ1n) is 11.6. The summed E-state index contributed by atoms with van der Waals surface area (Å²) in [4.78, 5) is 41.0. The van der Waals surface area contributed by atoms with Crippen LogP contribution in [0, 0.1) is 0 Å². The molecule has 2 aromatic rings. The van der Waals surface area contributed by atoms with Crippen molar-refractivity contribution in [1.82, 2.24) is 10.6 Å². The van der Waals surface area contributed by atoms with Crippen molar-refractivity contribution in [3.05, 3.63) is 58.1 Å². The second-order valence-electron chi connectivity index (χ2n) is 9.78. The lowest BCUT2D eigenvalue weighted by molar-refractivity contribution is -0.129. The van der Waals surface area contributed by atoms with Crippen molar-refractivity contribution in [1.29, 1.82) is 0 Å². The van der Waals surface area contributed by atoms with Gasteiger partial charge in [0.2, 0.25) is 5.91 Å². The van der Waals surface area contributed by atoms with E-state index in [-0.39, 0.29) is 25.0 Å². The zero-order chi connectivity index (χ0) is 26.6. The molecule has 10 heteroatoms. The predicted molar refractivity (Wildman–Crippen MR) is 140 cm³/mol. The first-order valence-corrected chi connectivity index (χ1v) is 12.4. The molecule has 0 spiro atoms. The molecular formula is C26H31Cl2N3O5. The third-order valence-electron chi connectivity index (χ3n) is 5.34. The van der Waals surface area contributed by atoms with E-state index in [1.807, 2.05) is 13.8 Å². The summed E-state index contributed by atoms with van der Waals surface area (Å²) in [6.07, 6.45) is -0.667. The minimum absolute atomic E-state index is 0.0935. The highest BCUT2D eigenvalue weighted by atomic mass is 35.5. The highest BCUT2D eigenvalue weighted by Gasteiger charge is 2.36. The van der Waals surface area contributed by atoms with E-state index in [0.717, 1.165) is 0 Å². The number of nitrogens with one attached hydrogen (secondary N) is 2.